The van der Waals surface area contributed by atoms with Crippen LogP contribution in [0.5, 0.6) is 0 Å². The second-order valence-electron chi connectivity index (χ2n) is 3.33. The Kier molecular flexibility index (Phi) is 1.50. The lowest BCUT2D eigenvalue weighted by molar-refractivity contribution is 0.463. The van der Waals surface area contributed by atoms with Crippen LogP contribution in [-0.4, -0.2) is 0 Å². The highest BCUT2D eigenvalue weighted by Crippen LogP contribution is 2.47. The Labute approximate surface area is 66.4 Å². The van der Waals surface area contributed by atoms with Crippen LogP contribution in [0.15, 0.2) is 16.5 Å². The summed E-state index contributed by atoms with van der Waals surface area (Å²) >= 11 is 0. The molecule has 1 saturated carbocycles. The van der Waals surface area contributed by atoms with Crippen LogP contribution in [0.25, 0.3) is 0 Å². The summed E-state index contributed by atoms with van der Waals surface area (Å²) in [5.41, 5.74) is 5.42. The van der Waals surface area contributed by atoms with Crippen molar-refractivity contribution in [2.75, 3.05) is 0 Å². The molecule has 0 aliphatic heterocycles. The molecular weight excluding hydrogens is 138 g/mol. The second kappa shape index (κ2) is 2.38. The van der Waals surface area contributed by atoms with Crippen LogP contribution in [0, 0.1) is 5.92 Å². The molecule has 2 atom stereocenters. The minimum Gasteiger partial charge on any atom is -0.464 e. The predicted molar refractivity (Wildman–Crippen MR) is 43.1 cm³/mol. The topological polar surface area (TPSA) is 39.2 Å². The van der Waals surface area contributed by atoms with Crippen molar-refractivity contribution in [1.82, 2.24) is 0 Å². The quantitative estimate of drug-likeness (QED) is 0.700. The van der Waals surface area contributed by atoms with E-state index in [-0.39, 0.29) is 0 Å². The lowest BCUT2D eigenvalue weighted by Crippen LogP contribution is -1.92. The van der Waals surface area contributed by atoms with Crippen LogP contribution in [0.4, 0.5) is 0 Å². The Morgan fingerprint density at radius 1 is 1.64 bits per heavy atom. The maximum atomic E-state index is 5.50. The van der Waals surface area contributed by atoms with Gasteiger partial charge in [0, 0.05) is 5.92 Å². The van der Waals surface area contributed by atoms with Crippen molar-refractivity contribution in [3.8, 4) is 0 Å². The van der Waals surface area contributed by atoms with Crippen molar-refractivity contribution in [1.29, 1.82) is 0 Å². The highest BCUT2D eigenvalue weighted by Gasteiger charge is 2.36. The Balaban J connectivity index is 2.13. The molecule has 1 heterocycles. The van der Waals surface area contributed by atoms with Crippen LogP contribution in [0.3, 0.4) is 0 Å². The highest BCUT2D eigenvalue weighted by atomic mass is 16.3. The van der Waals surface area contributed by atoms with Gasteiger partial charge in [-0.25, -0.2) is 0 Å². The Bertz CT molecular complexity index is 254. The molecule has 2 N–H and O–H groups in total. The molecule has 11 heavy (non-hydrogen) atoms. The molecule has 0 aromatic carbocycles. The number of rotatable bonds is 2. The molecule has 1 aliphatic rings. The van der Waals surface area contributed by atoms with E-state index in [0.29, 0.717) is 12.5 Å². The van der Waals surface area contributed by atoms with Crippen molar-refractivity contribution in [2.24, 2.45) is 11.7 Å². The first-order chi connectivity index (χ1) is 5.31. The van der Waals surface area contributed by atoms with E-state index in [4.69, 9.17) is 10.2 Å². The molecule has 1 fully saturated rings. The summed E-state index contributed by atoms with van der Waals surface area (Å²) in [5, 5.41) is 0. The van der Waals surface area contributed by atoms with Crippen LogP contribution in [0.1, 0.15) is 30.8 Å². The lowest BCUT2D eigenvalue weighted by atomic mass is 10.3. The number of nitrogens with two attached hydrogens (primary N) is 1. The standard InChI is InChI=1S/C9H13NO/c1-6-4-8(6)9-3-2-7(5-10)11-9/h2-3,6,8H,4-5,10H2,1H3. The van der Waals surface area contributed by atoms with E-state index >= 15 is 0 Å². The smallest absolute Gasteiger partial charge is 0.117 e. The SMILES string of the molecule is CC1CC1c1ccc(CN)o1. The van der Waals surface area contributed by atoms with Gasteiger partial charge in [0.1, 0.15) is 11.5 Å². The molecule has 60 valence electrons. The molecule has 0 saturated heterocycles. The van der Waals surface area contributed by atoms with Gasteiger partial charge in [-0.3, -0.25) is 0 Å². The van der Waals surface area contributed by atoms with Crippen LogP contribution >= 0.6 is 0 Å². The average Bonchev–Trinajstić information content (AvgIpc) is 2.59. The van der Waals surface area contributed by atoms with E-state index < -0.39 is 0 Å². The largest absolute Gasteiger partial charge is 0.464 e. The molecule has 1 aromatic rings. The molecule has 2 nitrogen and oxygen atoms in total. The van der Waals surface area contributed by atoms with Gasteiger partial charge in [-0.1, -0.05) is 6.92 Å². The van der Waals surface area contributed by atoms with E-state index in [1.165, 1.54) is 6.42 Å². The second-order valence-corrected chi connectivity index (χ2v) is 3.33. The first kappa shape index (κ1) is 6.92. The third kappa shape index (κ3) is 1.18. The number of hydrogen-bond acceptors (Lipinski definition) is 2. The summed E-state index contributed by atoms with van der Waals surface area (Å²) in [4.78, 5) is 0. The Hall–Kier alpha value is -0.760. The van der Waals surface area contributed by atoms with Gasteiger partial charge in [0.15, 0.2) is 0 Å². The first-order valence-electron chi connectivity index (χ1n) is 4.10. The maximum absolute atomic E-state index is 5.50. The zero-order chi connectivity index (χ0) is 7.84. The summed E-state index contributed by atoms with van der Waals surface area (Å²) in [7, 11) is 0. The summed E-state index contributed by atoms with van der Waals surface area (Å²) < 4.78 is 5.50. The first-order valence-corrected chi connectivity index (χ1v) is 4.10. The van der Waals surface area contributed by atoms with E-state index in [1.54, 1.807) is 0 Å². The van der Waals surface area contributed by atoms with Crippen molar-refractivity contribution in [3.05, 3.63) is 23.7 Å². The lowest BCUT2D eigenvalue weighted by Gasteiger charge is -1.90. The van der Waals surface area contributed by atoms with Gasteiger partial charge in [0.25, 0.3) is 0 Å². The maximum Gasteiger partial charge on any atom is 0.117 e. The fourth-order valence-electron chi connectivity index (χ4n) is 1.42. The van der Waals surface area contributed by atoms with Gasteiger partial charge in [-0.05, 0) is 24.5 Å². The van der Waals surface area contributed by atoms with Crippen molar-refractivity contribution in [3.63, 3.8) is 0 Å². The van der Waals surface area contributed by atoms with E-state index in [9.17, 15) is 0 Å². The summed E-state index contributed by atoms with van der Waals surface area (Å²) in [6.45, 7) is 2.76. The third-order valence-corrected chi connectivity index (χ3v) is 2.36. The number of furan rings is 1. The van der Waals surface area contributed by atoms with Crippen molar-refractivity contribution < 1.29 is 4.42 Å². The Morgan fingerprint density at radius 2 is 2.36 bits per heavy atom. The van der Waals surface area contributed by atoms with Crippen LogP contribution < -0.4 is 5.73 Å². The molecule has 0 bridgehead atoms. The molecule has 2 unspecified atom stereocenters. The van der Waals surface area contributed by atoms with Crippen LogP contribution in [0.2, 0.25) is 0 Å². The van der Waals surface area contributed by atoms with Gasteiger partial charge in [-0.2, -0.15) is 0 Å². The molecule has 0 radical (unpaired) electrons. The molecule has 1 aliphatic carbocycles. The van der Waals surface area contributed by atoms with Crippen molar-refractivity contribution in [2.45, 2.75) is 25.8 Å². The summed E-state index contributed by atoms with van der Waals surface area (Å²) in [5.74, 6) is 3.51. The number of hydrogen-bond donors (Lipinski definition) is 1. The third-order valence-electron chi connectivity index (χ3n) is 2.36. The minimum absolute atomic E-state index is 0.515. The zero-order valence-electron chi connectivity index (χ0n) is 6.71. The molecule has 0 amide bonds. The molecule has 2 heteroatoms. The van der Waals surface area contributed by atoms with Crippen molar-refractivity contribution >= 4 is 0 Å². The van der Waals surface area contributed by atoms with E-state index in [1.807, 2.05) is 6.07 Å². The predicted octanol–water partition coefficient (Wildman–Crippen LogP) is 1.86. The van der Waals surface area contributed by atoms with Gasteiger partial charge in [-0.15, -0.1) is 0 Å². The van der Waals surface area contributed by atoms with Gasteiger partial charge in [0.2, 0.25) is 0 Å². The van der Waals surface area contributed by atoms with Gasteiger partial charge in [0.05, 0.1) is 6.54 Å². The van der Waals surface area contributed by atoms with Gasteiger partial charge < -0.3 is 10.2 Å². The Morgan fingerprint density at radius 3 is 2.82 bits per heavy atom. The summed E-state index contributed by atoms with van der Waals surface area (Å²) in [6.07, 6.45) is 1.28. The molecule has 0 spiro atoms. The average molecular weight is 151 g/mol. The summed E-state index contributed by atoms with van der Waals surface area (Å²) in [6, 6.07) is 4.02. The minimum atomic E-state index is 0.515. The monoisotopic (exact) mass is 151 g/mol. The van der Waals surface area contributed by atoms with E-state index in [2.05, 4.69) is 13.0 Å². The molecule has 2 rings (SSSR count). The van der Waals surface area contributed by atoms with Gasteiger partial charge >= 0.3 is 0 Å². The zero-order valence-corrected chi connectivity index (χ0v) is 6.71. The molecule has 1 aromatic heterocycles. The fourth-order valence-corrected chi connectivity index (χ4v) is 1.42. The molecular formula is C9H13NO. The van der Waals surface area contributed by atoms with E-state index in [0.717, 1.165) is 17.4 Å². The fraction of sp³-hybridized carbons (Fsp3) is 0.556. The van der Waals surface area contributed by atoms with Crippen LogP contribution in [-0.2, 0) is 6.54 Å². The normalized spacial score (nSPS) is 28.9. The highest BCUT2D eigenvalue weighted by molar-refractivity contribution is 5.17.